The molecular weight excluding hydrogens is 874 g/mol. The van der Waals surface area contributed by atoms with Crippen molar-refractivity contribution in [3.05, 3.63) is 12.2 Å². The summed E-state index contributed by atoms with van der Waals surface area (Å²) in [5.41, 5.74) is 0. The largest absolute Gasteiger partial charge is 0.472 e. The van der Waals surface area contributed by atoms with Gasteiger partial charge in [-0.05, 0) is 38.5 Å². The van der Waals surface area contributed by atoms with Crippen LogP contribution in [0, 0.1) is 0 Å². The van der Waals surface area contributed by atoms with Crippen molar-refractivity contribution >= 4 is 13.7 Å². The number of rotatable bonds is 47. The van der Waals surface area contributed by atoms with E-state index in [0.29, 0.717) is 12.8 Å². The van der Waals surface area contributed by atoms with Crippen LogP contribution in [0.1, 0.15) is 258 Å². The van der Waals surface area contributed by atoms with E-state index in [0.717, 1.165) is 57.8 Å². The van der Waals surface area contributed by atoms with Crippen LogP contribution in [0.15, 0.2) is 12.2 Å². The number of carbonyl (C=O) groups is 1. The van der Waals surface area contributed by atoms with E-state index in [9.17, 15) is 50.0 Å². The van der Waals surface area contributed by atoms with Crippen LogP contribution in [-0.2, 0) is 18.4 Å². The van der Waals surface area contributed by atoms with E-state index in [1.807, 2.05) is 0 Å². The number of allylic oxidation sites excluding steroid dienone is 2. The number of phosphoric ester groups is 1. The monoisotopic (exact) mass is 978 g/mol. The minimum Gasteiger partial charge on any atom is -0.393 e. The van der Waals surface area contributed by atoms with Crippen LogP contribution < -0.4 is 5.32 Å². The van der Waals surface area contributed by atoms with Gasteiger partial charge in [-0.25, -0.2) is 4.57 Å². The molecule has 0 bridgehead atoms. The second kappa shape index (κ2) is 42.7. The van der Waals surface area contributed by atoms with Crippen molar-refractivity contribution < 1.29 is 59.0 Å². The Bertz CT molecular complexity index is 1200. The molecule has 13 nitrogen and oxygen atoms in total. The molecule has 1 aliphatic carbocycles. The van der Waals surface area contributed by atoms with Crippen LogP contribution in [0.2, 0.25) is 0 Å². The molecule has 0 radical (unpaired) electrons. The van der Waals surface area contributed by atoms with Crippen LogP contribution >= 0.6 is 7.82 Å². The van der Waals surface area contributed by atoms with Crippen LogP contribution in [0.5, 0.6) is 0 Å². The van der Waals surface area contributed by atoms with Gasteiger partial charge in [-0.1, -0.05) is 225 Å². The van der Waals surface area contributed by atoms with Crippen LogP contribution in [0.3, 0.4) is 0 Å². The van der Waals surface area contributed by atoms with Gasteiger partial charge in [-0.15, -0.1) is 0 Å². The normalized spacial score (nSPS) is 22.2. The summed E-state index contributed by atoms with van der Waals surface area (Å²) in [4.78, 5) is 23.6. The van der Waals surface area contributed by atoms with E-state index in [2.05, 4.69) is 31.3 Å². The lowest BCUT2D eigenvalue weighted by Crippen LogP contribution is -2.64. The molecule has 398 valence electrons. The maximum atomic E-state index is 13.1. The maximum absolute atomic E-state index is 13.1. The Balaban J connectivity index is 2.42. The minimum absolute atomic E-state index is 0.229. The average Bonchev–Trinajstić information content (AvgIpc) is 3.30. The Morgan fingerprint density at radius 3 is 1.24 bits per heavy atom. The molecule has 1 rings (SSSR count). The van der Waals surface area contributed by atoms with Gasteiger partial charge in [0.2, 0.25) is 5.91 Å². The summed E-state index contributed by atoms with van der Waals surface area (Å²) in [6.45, 7) is 3.83. The first-order chi connectivity index (χ1) is 32.3. The summed E-state index contributed by atoms with van der Waals surface area (Å²) in [5.74, 6) is -0.564. The van der Waals surface area contributed by atoms with Crippen molar-refractivity contribution in [2.45, 2.75) is 313 Å². The molecule has 0 saturated heterocycles. The SMILES string of the molecule is CCCCCCCCCCC/C=C\CCCCCC(O)CC(=O)NC(COP(=O)(O)OC1C(O)C(O)C(O)C(O)C1O)C(O)CCCCCCCCCCCCCCCCCCCCCCC. The molecule has 1 aliphatic rings. The van der Waals surface area contributed by atoms with Crippen molar-refractivity contribution in [2.24, 2.45) is 0 Å². The smallest absolute Gasteiger partial charge is 0.393 e. The number of unbranched alkanes of at least 4 members (excludes halogenated alkanes) is 32. The van der Waals surface area contributed by atoms with Gasteiger partial charge in [0.1, 0.15) is 36.6 Å². The molecule has 0 aromatic heterocycles. The third-order valence-electron chi connectivity index (χ3n) is 13.6. The van der Waals surface area contributed by atoms with Gasteiger partial charge in [0.25, 0.3) is 0 Å². The number of hydrogen-bond acceptors (Lipinski definition) is 11. The second-order valence-corrected chi connectivity index (χ2v) is 21.4. The fourth-order valence-corrected chi connectivity index (χ4v) is 10.1. The lowest BCUT2D eigenvalue weighted by Gasteiger charge is -2.41. The quantitative estimate of drug-likeness (QED) is 0.0158. The number of aliphatic hydroxyl groups excluding tert-OH is 7. The van der Waals surface area contributed by atoms with Crippen LogP contribution in [0.4, 0.5) is 0 Å². The Morgan fingerprint density at radius 1 is 0.507 bits per heavy atom. The Morgan fingerprint density at radius 2 is 0.836 bits per heavy atom. The molecule has 0 heterocycles. The fraction of sp³-hybridized carbons (Fsp3) is 0.943. The molecule has 0 spiro atoms. The summed E-state index contributed by atoms with van der Waals surface area (Å²) >= 11 is 0. The molecule has 9 N–H and O–H groups in total. The molecular formula is C53H104NO12P. The van der Waals surface area contributed by atoms with Crippen LogP contribution in [0.25, 0.3) is 0 Å². The Kier molecular flexibility index (Phi) is 40.8. The maximum Gasteiger partial charge on any atom is 0.472 e. The molecule has 1 fully saturated rings. The first-order valence-electron chi connectivity index (χ1n) is 27.7. The number of aliphatic hydroxyl groups is 7. The van der Waals surface area contributed by atoms with Gasteiger partial charge < -0.3 is 46.0 Å². The molecule has 67 heavy (non-hydrogen) atoms. The highest BCUT2D eigenvalue weighted by atomic mass is 31.2. The zero-order valence-electron chi connectivity index (χ0n) is 42.6. The Hall–Kier alpha value is -0.960. The predicted molar refractivity (Wildman–Crippen MR) is 271 cm³/mol. The zero-order valence-corrected chi connectivity index (χ0v) is 43.5. The van der Waals surface area contributed by atoms with Gasteiger partial charge in [0, 0.05) is 0 Å². The molecule has 1 amide bonds. The second-order valence-electron chi connectivity index (χ2n) is 20.0. The Labute approximate surface area is 408 Å². The number of hydrogen-bond donors (Lipinski definition) is 9. The summed E-state index contributed by atoms with van der Waals surface area (Å²) < 4.78 is 23.0. The van der Waals surface area contributed by atoms with E-state index < -0.39 is 75.2 Å². The first kappa shape index (κ1) is 64.1. The molecule has 8 unspecified atom stereocenters. The highest BCUT2D eigenvalue weighted by Gasteiger charge is 2.51. The summed E-state index contributed by atoms with van der Waals surface area (Å²) in [6.07, 6.45) is 33.9. The minimum atomic E-state index is -5.12. The fourth-order valence-electron chi connectivity index (χ4n) is 9.13. The molecule has 14 heteroatoms. The highest BCUT2D eigenvalue weighted by Crippen LogP contribution is 2.47. The van der Waals surface area contributed by atoms with E-state index >= 15 is 0 Å². The van der Waals surface area contributed by atoms with E-state index in [4.69, 9.17) is 9.05 Å². The van der Waals surface area contributed by atoms with Gasteiger partial charge in [-0.3, -0.25) is 13.8 Å². The molecule has 8 atom stereocenters. The lowest BCUT2D eigenvalue weighted by molar-refractivity contribution is -0.220. The first-order valence-corrected chi connectivity index (χ1v) is 29.2. The summed E-state index contributed by atoms with van der Waals surface area (Å²) in [7, 11) is -5.12. The van der Waals surface area contributed by atoms with Gasteiger partial charge in [0.05, 0.1) is 31.3 Å². The molecule has 0 aromatic carbocycles. The number of amides is 1. The highest BCUT2D eigenvalue weighted by molar-refractivity contribution is 7.47. The third-order valence-corrected chi connectivity index (χ3v) is 14.6. The topological polar surface area (TPSA) is 226 Å². The van der Waals surface area contributed by atoms with Crippen molar-refractivity contribution in [1.82, 2.24) is 5.32 Å². The van der Waals surface area contributed by atoms with Crippen molar-refractivity contribution in [3.8, 4) is 0 Å². The molecule has 0 aliphatic heterocycles. The standard InChI is InChI=1S/C53H104NO12P/c1-3-5-7-9-11-13-15-17-19-21-22-23-24-25-27-29-31-33-35-37-39-41-46(56)45(43-65-67(63,64)66-53-51(61)49(59)48(58)50(60)52(53)62)54-47(57)42-44(55)40-38-36-34-32-30-28-26-20-18-16-14-12-10-8-6-4-2/h28,30,44-46,48-53,55-56,58-62H,3-27,29,31-43H2,1-2H3,(H,54,57)(H,63,64)/b30-28-. The number of carbonyl (C=O) groups excluding carboxylic acids is 1. The lowest BCUT2D eigenvalue weighted by atomic mass is 9.85. The molecule has 0 aromatic rings. The summed E-state index contributed by atoms with van der Waals surface area (Å²) in [6, 6.07) is -1.16. The third kappa shape index (κ3) is 34.1. The van der Waals surface area contributed by atoms with Gasteiger partial charge in [-0.2, -0.15) is 0 Å². The predicted octanol–water partition coefficient (Wildman–Crippen LogP) is 10.9. The van der Waals surface area contributed by atoms with Crippen molar-refractivity contribution in [1.29, 1.82) is 0 Å². The van der Waals surface area contributed by atoms with Gasteiger partial charge >= 0.3 is 7.82 Å². The van der Waals surface area contributed by atoms with E-state index in [-0.39, 0.29) is 12.8 Å². The zero-order chi connectivity index (χ0) is 49.4. The average molecular weight is 978 g/mol. The van der Waals surface area contributed by atoms with Crippen LogP contribution in [-0.4, -0.2) is 108 Å². The molecule has 1 saturated carbocycles. The van der Waals surface area contributed by atoms with E-state index in [1.54, 1.807) is 0 Å². The van der Waals surface area contributed by atoms with E-state index in [1.165, 1.54) is 161 Å². The van der Waals surface area contributed by atoms with Gasteiger partial charge in [0.15, 0.2) is 0 Å². The van der Waals surface area contributed by atoms with Crippen molar-refractivity contribution in [2.75, 3.05) is 6.61 Å². The number of phosphoric acid groups is 1. The summed E-state index contributed by atoms with van der Waals surface area (Å²) in [5, 5.41) is 74.9. The van der Waals surface area contributed by atoms with Crippen molar-refractivity contribution in [3.63, 3.8) is 0 Å². The number of nitrogens with one attached hydrogen (secondary N) is 1.